The van der Waals surface area contributed by atoms with Crippen molar-refractivity contribution < 1.29 is 9.53 Å². The summed E-state index contributed by atoms with van der Waals surface area (Å²) < 4.78 is 7.91. The zero-order valence-electron chi connectivity index (χ0n) is 10.7. The molecule has 2 rings (SSSR count). The van der Waals surface area contributed by atoms with E-state index in [4.69, 9.17) is 16.3 Å². The number of rotatable bonds is 4. The highest BCUT2D eigenvalue weighted by atomic mass is 127. The Hall–Kier alpha value is -0.820. The second-order valence-electron chi connectivity index (χ2n) is 4.11. The van der Waals surface area contributed by atoms with E-state index in [-0.39, 0.29) is 17.9 Å². The van der Waals surface area contributed by atoms with E-state index in [1.807, 2.05) is 29.7 Å². The smallest absolute Gasteiger partial charge is 0.326 e. The van der Waals surface area contributed by atoms with Gasteiger partial charge in [-0.05, 0) is 54.6 Å². The van der Waals surface area contributed by atoms with Crippen LogP contribution in [0.1, 0.15) is 25.0 Å². The van der Waals surface area contributed by atoms with Crippen molar-refractivity contribution in [3.05, 3.63) is 27.6 Å². The van der Waals surface area contributed by atoms with Crippen LogP contribution in [0.2, 0.25) is 0 Å². The molecule has 1 aromatic heterocycles. The van der Waals surface area contributed by atoms with Crippen molar-refractivity contribution in [3.8, 4) is 0 Å². The standard InChI is InChI=1S/C13H14ClIN2O2/c1-3-19-12(18)7-17-11-5-4-9(15)6-10(11)16-13(17)8(2)14/h4-6,8H,3,7H2,1-2H3. The fourth-order valence-electron chi connectivity index (χ4n) is 1.93. The maximum absolute atomic E-state index is 11.7. The summed E-state index contributed by atoms with van der Waals surface area (Å²) in [5, 5.41) is -0.264. The van der Waals surface area contributed by atoms with E-state index in [0.29, 0.717) is 12.4 Å². The predicted molar refractivity (Wildman–Crippen MR) is 83.4 cm³/mol. The predicted octanol–water partition coefficient (Wildman–Crippen LogP) is 3.50. The first kappa shape index (κ1) is 14.6. The van der Waals surface area contributed by atoms with Crippen molar-refractivity contribution in [1.82, 2.24) is 9.55 Å². The van der Waals surface area contributed by atoms with Crippen molar-refractivity contribution in [2.45, 2.75) is 25.8 Å². The number of benzene rings is 1. The first-order valence-corrected chi connectivity index (χ1v) is 7.49. The lowest BCUT2D eigenvalue weighted by molar-refractivity contribution is -0.143. The van der Waals surface area contributed by atoms with Crippen LogP contribution in [0.4, 0.5) is 0 Å². The number of hydrogen-bond acceptors (Lipinski definition) is 3. The molecular weight excluding hydrogens is 379 g/mol. The summed E-state index contributed by atoms with van der Waals surface area (Å²) in [7, 11) is 0. The van der Waals surface area contributed by atoms with Crippen LogP contribution in [-0.2, 0) is 16.1 Å². The minimum absolute atomic E-state index is 0.136. The van der Waals surface area contributed by atoms with E-state index in [0.717, 1.165) is 14.6 Å². The van der Waals surface area contributed by atoms with Gasteiger partial charge < -0.3 is 9.30 Å². The third-order valence-corrected chi connectivity index (χ3v) is 3.55. The van der Waals surface area contributed by atoms with E-state index in [1.165, 1.54) is 0 Å². The number of esters is 1. The lowest BCUT2D eigenvalue weighted by Crippen LogP contribution is -2.15. The Bertz CT molecular complexity index is 610. The van der Waals surface area contributed by atoms with Gasteiger partial charge in [-0.25, -0.2) is 4.98 Å². The second-order valence-corrected chi connectivity index (χ2v) is 6.01. The number of carbonyl (C=O) groups is 1. The summed E-state index contributed by atoms with van der Waals surface area (Å²) in [5.74, 6) is 0.408. The van der Waals surface area contributed by atoms with Gasteiger partial charge in [0.25, 0.3) is 0 Å². The lowest BCUT2D eigenvalue weighted by atomic mass is 10.3. The molecule has 19 heavy (non-hydrogen) atoms. The highest BCUT2D eigenvalue weighted by Gasteiger charge is 2.17. The van der Waals surface area contributed by atoms with Crippen molar-refractivity contribution in [3.63, 3.8) is 0 Å². The molecule has 0 spiro atoms. The summed E-state index contributed by atoms with van der Waals surface area (Å²) in [4.78, 5) is 16.2. The number of ether oxygens (including phenoxy) is 1. The van der Waals surface area contributed by atoms with Gasteiger partial charge >= 0.3 is 5.97 Å². The molecule has 4 nitrogen and oxygen atoms in total. The summed E-state index contributed by atoms with van der Waals surface area (Å²) in [6, 6.07) is 5.90. The van der Waals surface area contributed by atoms with Gasteiger partial charge in [-0.15, -0.1) is 11.6 Å². The molecule has 0 bridgehead atoms. The van der Waals surface area contributed by atoms with Crippen LogP contribution in [0.25, 0.3) is 11.0 Å². The zero-order chi connectivity index (χ0) is 14.0. The van der Waals surface area contributed by atoms with Crippen LogP contribution in [0, 0.1) is 3.57 Å². The van der Waals surface area contributed by atoms with Crippen LogP contribution in [0.15, 0.2) is 18.2 Å². The molecule has 1 aromatic carbocycles. The van der Waals surface area contributed by atoms with Gasteiger partial charge in [0.05, 0.1) is 23.0 Å². The van der Waals surface area contributed by atoms with E-state index < -0.39 is 0 Å². The molecule has 0 amide bonds. The van der Waals surface area contributed by atoms with Gasteiger partial charge in [0.1, 0.15) is 12.4 Å². The van der Waals surface area contributed by atoms with E-state index in [2.05, 4.69) is 27.6 Å². The third-order valence-electron chi connectivity index (χ3n) is 2.69. The van der Waals surface area contributed by atoms with Crippen molar-refractivity contribution in [1.29, 1.82) is 0 Å². The van der Waals surface area contributed by atoms with Gasteiger partial charge in [-0.1, -0.05) is 0 Å². The molecule has 0 radical (unpaired) electrons. The van der Waals surface area contributed by atoms with Crippen molar-refractivity contribution in [2.24, 2.45) is 0 Å². The number of aromatic nitrogens is 2. The fourth-order valence-corrected chi connectivity index (χ4v) is 2.57. The summed E-state index contributed by atoms with van der Waals surface area (Å²) in [5.41, 5.74) is 1.75. The average Bonchev–Trinajstić information content (AvgIpc) is 2.67. The molecule has 0 saturated heterocycles. The first-order valence-electron chi connectivity index (χ1n) is 5.98. The maximum Gasteiger partial charge on any atom is 0.326 e. The molecule has 1 heterocycles. The Kier molecular flexibility index (Phi) is 4.67. The molecule has 0 aliphatic carbocycles. The monoisotopic (exact) mass is 392 g/mol. The van der Waals surface area contributed by atoms with E-state index in [1.54, 1.807) is 6.92 Å². The molecule has 2 aromatic rings. The van der Waals surface area contributed by atoms with Gasteiger partial charge in [0.15, 0.2) is 0 Å². The molecular formula is C13H14ClIN2O2. The number of fused-ring (bicyclic) bond motifs is 1. The zero-order valence-corrected chi connectivity index (χ0v) is 13.6. The topological polar surface area (TPSA) is 44.1 Å². The van der Waals surface area contributed by atoms with E-state index in [9.17, 15) is 4.79 Å². The number of hydrogen-bond donors (Lipinski definition) is 0. The normalized spacial score (nSPS) is 12.6. The Balaban J connectivity index is 2.49. The van der Waals surface area contributed by atoms with Crippen LogP contribution in [-0.4, -0.2) is 22.1 Å². The largest absolute Gasteiger partial charge is 0.465 e. The lowest BCUT2D eigenvalue weighted by Gasteiger charge is -2.09. The van der Waals surface area contributed by atoms with E-state index >= 15 is 0 Å². The minimum atomic E-state index is -0.279. The Labute approximate surface area is 130 Å². The van der Waals surface area contributed by atoms with Crippen LogP contribution < -0.4 is 0 Å². The van der Waals surface area contributed by atoms with Gasteiger partial charge in [-0.3, -0.25) is 4.79 Å². The van der Waals surface area contributed by atoms with Gasteiger partial charge in [0, 0.05) is 3.57 Å². The molecule has 1 atom stereocenters. The molecule has 0 fully saturated rings. The molecule has 0 N–H and O–H groups in total. The average molecular weight is 393 g/mol. The molecule has 6 heteroatoms. The number of nitrogens with zero attached hydrogens (tertiary/aromatic N) is 2. The first-order chi connectivity index (χ1) is 9.02. The van der Waals surface area contributed by atoms with Crippen LogP contribution in [0.3, 0.4) is 0 Å². The number of imidazole rings is 1. The Morgan fingerprint density at radius 1 is 1.58 bits per heavy atom. The quantitative estimate of drug-likeness (QED) is 0.454. The highest BCUT2D eigenvalue weighted by molar-refractivity contribution is 14.1. The summed E-state index contributed by atoms with van der Waals surface area (Å²) in [6.07, 6.45) is 0. The Morgan fingerprint density at radius 2 is 2.32 bits per heavy atom. The third kappa shape index (κ3) is 3.20. The SMILES string of the molecule is CCOC(=O)Cn1c(C(C)Cl)nc2cc(I)ccc21. The van der Waals surface area contributed by atoms with Gasteiger partial charge in [0.2, 0.25) is 0 Å². The van der Waals surface area contributed by atoms with Crippen LogP contribution >= 0.6 is 34.2 Å². The summed E-state index contributed by atoms with van der Waals surface area (Å²) >= 11 is 8.37. The van der Waals surface area contributed by atoms with Crippen molar-refractivity contribution in [2.75, 3.05) is 6.61 Å². The fraction of sp³-hybridized carbons (Fsp3) is 0.385. The van der Waals surface area contributed by atoms with Crippen LogP contribution in [0.5, 0.6) is 0 Å². The summed E-state index contributed by atoms with van der Waals surface area (Å²) in [6.45, 7) is 4.14. The number of carbonyl (C=O) groups excluding carboxylic acids is 1. The highest BCUT2D eigenvalue weighted by Crippen LogP contribution is 2.25. The maximum atomic E-state index is 11.7. The minimum Gasteiger partial charge on any atom is -0.465 e. The van der Waals surface area contributed by atoms with Crippen molar-refractivity contribution >= 4 is 51.2 Å². The molecule has 102 valence electrons. The second kappa shape index (κ2) is 6.09. The Morgan fingerprint density at radius 3 is 2.95 bits per heavy atom. The molecule has 0 aliphatic heterocycles. The molecule has 0 aliphatic rings. The molecule has 1 unspecified atom stereocenters. The molecule has 0 saturated carbocycles. The van der Waals surface area contributed by atoms with Gasteiger partial charge in [-0.2, -0.15) is 0 Å². The number of halogens is 2. The number of alkyl halides is 1.